The van der Waals surface area contributed by atoms with Gasteiger partial charge in [-0.1, -0.05) is 19.9 Å². The van der Waals surface area contributed by atoms with Gasteiger partial charge in [-0.3, -0.25) is 10.1 Å². The van der Waals surface area contributed by atoms with Crippen LogP contribution in [0.15, 0.2) is 36.4 Å². The first-order chi connectivity index (χ1) is 16.4. The molecule has 0 fully saturated rings. The lowest BCUT2D eigenvalue weighted by Crippen LogP contribution is -2.27. The van der Waals surface area contributed by atoms with Crippen LogP contribution in [-0.4, -0.2) is 44.9 Å². The molecule has 0 aliphatic rings. The van der Waals surface area contributed by atoms with E-state index >= 15 is 0 Å². The minimum atomic E-state index is -0.441. The molecule has 0 spiro atoms. The first-order valence-corrected chi connectivity index (χ1v) is 11.3. The number of non-ortho nitro benzene ring substituents is 1. The Kier molecular flexibility index (Phi) is 10.9. The summed E-state index contributed by atoms with van der Waals surface area (Å²) < 4.78 is 22.8. The Bertz CT molecular complexity index is 974. The molecule has 0 aromatic heterocycles. The molecule has 0 bridgehead atoms. The van der Waals surface area contributed by atoms with Crippen LogP contribution in [0.1, 0.15) is 32.3 Å². The van der Waals surface area contributed by atoms with E-state index in [0.717, 1.165) is 24.9 Å². The van der Waals surface area contributed by atoms with E-state index in [2.05, 4.69) is 25.2 Å². The number of rotatable bonds is 15. The minimum Gasteiger partial charge on any atom is -0.493 e. The number of benzene rings is 2. The summed E-state index contributed by atoms with van der Waals surface area (Å²) in [4.78, 5) is 10.4. The van der Waals surface area contributed by atoms with Gasteiger partial charge in [0, 0.05) is 12.6 Å². The third kappa shape index (κ3) is 8.12. The summed E-state index contributed by atoms with van der Waals surface area (Å²) in [6.07, 6.45) is 1.92. The molecule has 1 unspecified atom stereocenters. The van der Waals surface area contributed by atoms with Gasteiger partial charge in [-0.15, -0.1) is 0 Å². The van der Waals surface area contributed by atoms with Crippen LogP contribution in [-0.2, 0) is 6.42 Å². The molecule has 0 radical (unpaired) electrons. The van der Waals surface area contributed by atoms with Crippen molar-refractivity contribution in [2.45, 2.75) is 39.2 Å². The van der Waals surface area contributed by atoms with Gasteiger partial charge < -0.3 is 24.3 Å². The van der Waals surface area contributed by atoms with Crippen LogP contribution in [0, 0.1) is 27.4 Å². The zero-order chi connectivity index (χ0) is 24.9. The predicted molar refractivity (Wildman–Crippen MR) is 129 cm³/mol. The molecule has 0 aliphatic carbocycles. The monoisotopic (exact) mass is 471 g/mol. The maximum absolute atomic E-state index is 10.8. The summed E-state index contributed by atoms with van der Waals surface area (Å²) in [6.45, 7) is 6.02. The highest BCUT2D eigenvalue weighted by molar-refractivity contribution is 5.54. The van der Waals surface area contributed by atoms with Crippen LogP contribution in [0.4, 0.5) is 5.69 Å². The van der Waals surface area contributed by atoms with Crippen LogP contribution in [0.5, 0.6) is 23.0 Å². The van der Waals surface area contributed by atoms with Gasteiger partial charge in [-0.05, 0) is 49.1 Å². The summed E-state index contributed by atoms with van der Waals surface area (Å²) in [7, 11) is 3.13. The largest absolute Gasteiger partial charge is 0.493 e. The molecule has 0 saturated carbocycles. The molecule has 0 amide bonds. The number of nitriles is 1. The lowest BCUT2D eigenvalue weighted by Gasteiger charge is -2.25. The Balaban J connectivity index is 1.84. The van der Waals surface area contributed by atoms with Gasteiger partial charge in [0.15, 0.2) is 11.5 Å². The van der Waals surface area contributed by atoms with Gasteiger partial charge >= 0.3 is 0 Å². The van der Waals surface area contributed by atoms with E-state index in [1.54, 1.807) is 32.4 Å². The van der Waals surface area contributed by atoms with Gasteiger partial charge in [0.05, 0.1) is 37.7 Å². The van der Waals surface area contributed by atoms with E-state index in [1.165, 1.54) is 12.1 Å². The van der Waals surface area contributed by atoms with Crippen LogP contribution in [0.3, 0.4) is 0 Å². The Hall–Kier alpha value is -3.51. The minimum absolute atomic E-state index is 0.0117. The fraction of sp³-hybridized carbons (Fsp3) is 0.480. The van der Waals surface area contributed by atoms with Crippen molar-refractivity contribution < 1.29 is 23.9 Å². The molecule has 184 valence electrons. The highest BCUT2D eigenvalue weighted by atomic mass is 16.6. The smallest absolute Gasteiger partial charge is 0.273 e. The number of hydrogen-bond acceptors (Lipinski definition) is 8. The van der Waals surface area contributed by atoms with Gasteiger partial charge in [-0.2, -0.15) is 5.26 Å². The van der Waals surface area contributed by atoms with Crippen molar-refractivity contribution in [3.05, 3.63) is 52.1 Å². The van der Waals surface area contributed by atoms with E-state index in [0.29, 0.717) is 36.1 Å². The lowest BCUT2D eigenvalue weighted by molar-refractivity contribution is -0.384. The summed E-state index contributed by atoms with van der Waals surface area (Å²) in [6, 6.07) is 11.9. The summed E-state index contributed by atoms with van der Waals surface area (Å²) in [5, 5.41) is 23.2. The zero-order valence-electron chi connectivity index (χ0n) is 20.2. The first kappa shape index (κ1) is 26.7. The molecular formula is C25H33N3O6. The average Bonchev–Trinajstić information content (AvgIpc) is 2.82. The Morgan fingerprint density at radius 1 is 1.12 bits per heavy atom. The van der Waals surface area contributed by atoms with Crippen molar-refractivity contribution in [1.29, 1.82) is 5.26 Å². The van der Waals surface area contributed by atoms with Crippen LogP contribution in [0.25, 0.3) is 0 Å². The van der Waals surface area contributed by atoms with Crippen LogP contribution < -0.4 is 24.3 Å². The Morgan fingerprint density at radius 3 is 2.53 bits per heavy atom. The van der Waals surface area contributed by atoms with E-state index < -0.39 is 4.92 Å². The molecule has 9 heteroatoms. The number of ether oxygens (including phenoxy) is 4. The van der Waals surface area contributed by atoms with Crippen molar-refractivity contribution >= 4 is 5.69 Å². The molecule has 2 aromatic rings. The maximum atomic E-state index is 10.8. The number of nitrogens with zero attached hydrogens (tertiary/aromatic N) is 2. The average molecular weight is 472 g/mol. The quantitative estimate of drug-likeness (QED) is 0.229. The van der Waals surface area contributed by atoms with Gasteiger partial charge in [0.25, 0.3) is 5.69 Å². The van der Waals surface area contributed by atoms with Crippen LogP contribution >= 0.6 is 0 Å². The van der Waals surface area contributed by atoms with Crippen molar-refractivity contribution in [3.63, 3.8) is 0 Å². The van der Waals surface area contributed by atoms with E-state index in [4.69, 9.17) is 24.2 Å². The zero-order valence-corrected chi connectivity index (χ0v) is 20.2. The first-order valence-electron chi connectivity index (χ1n) is 11.3. The van der Waals surface area contributed by atoms with Gasteiger partial charge in [-0.25, -0.2) is 0 Å². The second-order valence-corrected chi connectivity index (χ2v) is 8.06. The topological polar surface area (TPSA) is 116 Å². The number of nitrogens with one attached hydrogen (secondary N) is 1. The van der Waals surface area contributed by atoms with E-state index in [-0.39, 0.29) is 24.1 Å². The number of methoxy groups -OCH3 is 2. The SMILES string of the molecule is COc1cc(CC#N)cc(OC(CCCNCCOc2cccc([N+](=O)[O-])c2)C(C)C)c1OC. The Labute approximate surface area is 200 Å². The molecule has 0 saturated heterocycles. The molecule has 1 atom stereocenters. The fourth-order valence-electron chi connectivity index (χ4n) is 3.44. The fourth-order valence-corrected chi connectivity index (χ4v) is 3.44. The molecule has 1 N–H and O–H groups in total. The normalized spacial score (nSPS) is 11.5. The lowest BCUT2D eigenvalue weighted by atomic mass is 10.0. The van der Waals surface area contributed by atoms with Crippen molar-refractivity contribution in [1.82, 2.24) is 5.32 Å². The molecule has 0 aliphatic heterocycles. The van der Waals surface area contributed by atoms with Crippen molar-refractivity contribution in [3.8, 4) is 29.1 Å². The van der Waals surface area contributed by atoms with Gasteiger partial charge in [0.2, 0.25) is 5.75 Å². The number of hydrogen-bond donors (Lipinski definition) is 1. The third-order valence-corrected chi connectivity index (χ3v) is 5.23. The maximum Gasteiger partial charge on any atom is 0.273 e. The number of nitro benzene ring substituents is 1. The van der Waals surface area contributed by atoms with E-state index in [1.807, 2.05) is 6.07 Å². The molecule has 0 heterocycles. The summed E-state index contributed by atoms with van der Waals surface area (Å²) in [5.41, 5.74) is 0.820. The second-order valence-electron chi connectivity index (χ2n) is 8.06. The van der Waals surface area contributed by atoms with Gasteiger partial charge in [0.1, 0.15) is 18.5 Å². The van der Waals surface area contributed by atoms with E-state index in [9.17, 15) is 10.1 Å². The van der Waals surface area contributed by atoms with Crippen LogP contribution in [0.2, 0.25) is 0 Å². The van der Waals surface area contributed by atoms with Crippen molar-refractivity contribution in [2.24, 2.45) is 5.92 Å². The second kappa shape index (κ2) is 13.9. The molecule has 2 rings (SSSR count). The van der Waals surface area contributed by atoms with Crippen molar-refractivity contribution in [2.75, 3.05) is 33.9 Å². The Morgan fingerprint density at radius 2 is 1.88 bits per heavy atom. The summed E-state index contributed by atoms with van der Waals surface area (Å²) >= 11 is 0. The highest BCUT2D eigenvalue weighted by Gasteiger charge is 2.20. The molecule has 34 heavy (non-hydrogen) atoms. The highest BCUT2D eigenvalue weighted by Crippen LogP contribution is 2.40. The molecule has 2 aromatic carbocycles. The standard InChI is InChI=1S/C25H33N3O6/c1-18(2)22(34-24-16-19(10-11-26)15-23(31-3)25(24)32-4)9-6-12-27-13-14-33-21-8-5-7-20(17-21)28(29)30/h5,7-8,15-18,22,27H,6,9-10,12-14H2,1-4H3. The molecule has 9 nitrogen and oxygen atoms in total. The summed E-state index contributed by atoms with van der Waals surface area (Å²) in [5.74, 6) is 2.38. The predicted octanol–water partition coefficient (Wildman–Crippen LogP) is 4.53. The third-order valence-electron chi connectivity index (χ3n) is 5.23. The number of nitro groups is 1. The molecular weight excluding hydrogens is 438 g/mol.